The van der Waals surface area contributed by atoms with Gasteiger partial charge in [0, 0.05) is 5.39 Å². The highest BCUT2D eigenvalue weighted by atomic mass is 35.5. The van der Waals surface area contributed by atoms with Crippen molar-refractivity contribution in [2.24, 2.45) is 0 Å². The molecule has 1 aromatic heterocycles. The van der Waals surface area contributed by atoms with Crippen LogP contribution in [0.3, 0.4) is 0 Å². The Morgan fingerprint density at radius 3 is 2.33 bits per heavy atom. The van der Waals surface area contributed by atoms with Crippen LogP contribution in [-0.2, 0) is 6.61 Å². The number of methoxy groups -OCH3 is 1. The molecule has 6 heteroatoms. The van der Waals surface area contributed by atoms with Crippen molar-refractivity contribution in [1.29, 1.82) is 0 Å². The lowest BCUT2D eigenvalue weighted by Crippen LogP contribution is -2.01. The summed E-state index contributed by atoms with van der Waals surface area (Å²) < 4.78 is 12.1. The number of rotatable bonds is 11. The molecule has 0 atom stereocenters. The Balaban J connectivity index is 0.00000320. The highest BCUT2D eigenvalue weighted by Crippen LogP contribution is 2.43. The van der Waals surface area contributed by atoms with E-state index in [1.807, 2.05) is 53.9 Å². The van der Waals surface area contributed by atoms with Gasteiger partial charge in [-0.3, -0.25) is 0 Å². The van der Waals surface area contributed by atoms with Crippen LogP contribution in [0.25, 0.3) is 10.9 Å². The minimum atomic E-state index is 0. The van der Waals surface area contributed by atoms with Gasteiger partial charge >= 0.3 is 0 Å². The summed E-state index contributed by atoms with van der Waals surface area (Å²) in [6, 6.07) is 18.6. The Morgan fingerprint density at radius 2 is 1.63 bits per heavy atom. The largest absolute Gasteiger partial charge is 0.493 e. The molecule has 30 heavy (non-hydrogen) atoms. The van der Waals surface area contributed by atoms with Crippen molar-refractivity contribution in [3.8, 4) is 11.5 Å². The second-order valence-electron chi connectivity index (χ2n) is 6.77. The number of nitrogens with zero attached hydrogens (tertiary/aromatic N) is 1. The van der Waals surface area contributed by atoms with E-state index in [9.17, 15) is 0 Å². The minimum Gasteiger partial charge on any atom is -0.493 e. The Hall–Kier alpha value is -1.56. The van der Waals surface area contributed by atoms with Crippen LogP contribution in [0.15, 0.2) is 54.6 Å². The fourth-order valence-corrected chi connectivity index (χ4v) is 5.52. The third kappa shape index (κ3) is 6.73. The first-order chi connectivity index (χ1) is 14.2. The molecule has 0 aliphatic carbocycles. The van der Waals surface area contributed by atoms with Gasteiger partial charge in [0.25, 0.3) is 0 Å². The third-order valence-electron chi connectivity index (χ3n) is 4.44. The molecule has 3 nitrogen and oxygen atoms in total. The van der Waals surface area contributed by atoms with Crippen molar-refractivity contribution >= 4 is 46.8 Å². The van der Waals surface area contributed by atoms with Crippen LogP contribution in [0.2, 0.25) is 0 Å². The van der Waals surface area contributed by atoms with Crippen LogP contribution < -0.4 is 9.47 Å². The fourth-order valence-electron chi connectivity index (χ4n) is 2.98. The highest BCUT2D eigenvalue weighted by Gasteiger charge is 2.15. The predicted molar refractivity (Wildman–Crippen MR) is 135 cm³/mol. The number of para-hydroxylation sites is 1. The molecule has 0 spiro atoms. The first-order valence-electron chi connectivity index (χ1n) is 10.1. The molecule has 3 rings (SSSR count). The van der Waals surface area contributed by atoms with Gasteiger partial charge in [-0.05, 0) is 54.2 Å². The fraction of sp³-hybridized carbons (Fsp3) is 0.375. The molecule has 0 aliphatic rings. The number of aromatic nitrogens is 1. The van der Waals surface area contributed by atoms with Gasteiger partial charge in [0.2, 0.25) is 0 Å². The average Bonchev–Trinajstić information content (AvgIpc) is 2.77. The van der Waals surface area contributed by atoms with Crippen LogP contribution in [0.4, 0.5) is 0 Å². The number of fused-ring (bicyclic) bond motifs is 1. The smallest absolute Gasteiger partial charge is 0.162 e. The molecule has 0 amide bonds. The van der Waals surface area contributed by atoms with Gasteiger partial charge < -0.3 is 9.47 Å². The zero-order chi connectivity index (χ0) is 20.5. The monoisotopic (exact) mass is 463 g/mol. The van der Waals surface area contributed by atoms with E-state index < -0.39 is 0 Å². The zero-order valence-electron chi connectivity index (χ0n) is 17.8. The van der Waals surface area contributed by atoms with E-state index in [-0.39, 0.29) is 12.4 Å². The van der Waals surface area contributed by atoms with Crippen LogP contribution >= 0.6 is 35.9 Å². The van der Waals surface area contributed by atoms with E-state index in [2.05, 4.69) is 38.1 Å². The molecule has 162 valence electrons. The molecule has 0 saturated carbocycles. The molecule has 0 unspecified atom stereocenters. The van der Waals surface area contributed by atoms with E-state index >= 15 is 0 Å². The topological polar surface area (TPSA) is 31.4 Å². The molecular formula is C24H30ClNO2S2. The summed E-state index contributed by atoms with van der Waals surface area (Å²) in [5.41, 5.74) is 3.18. The molecule has 2 aromatic carbocycles. The van der Waals surface area contributed by atoms with Crippen LogP contribution in [0.1, 0.15) is 42.5 Å². The number of thioether (sulfide) groups is 2. The Kier molecular flexibility index (Phi) is 10.7. The average molecular weight is 464 g/mol. The third-order valence-corrected chi connectivity index (χ3v) is 7.69. The van der Waals surface area contributed by atoms with Gasteiger partial charge in [-0.1, -0.05) is 44.2 Å². The maximum absolute atomic E-state index is 6.16. The lowest BCUT2D eigenvalue weighted by Gasteiger charge is -2.18. The van der Waals surface area contributed by atoms with Crippen LogP contribution in [0.5, 0.6) is 11.5 Å². The number of pyridine rings is 1. The Morgan fingerprint density at radius 1 is 0.900 bits per heavy atom. The summed E-state index contributed by atoms with van der Waals surface area (Å²) >= 11 is 4.01. The van der Waals surface area contributed by atoms with Crippen molar-refractivity contribution in [1.82, 2.24) is 4.98 Å². The number of halogens is 1. The Labute approximate surface area is 194 Å². The van der Waals surface area contributed by atoms with E-state index in [4.69, 9.17) is 14.5 Å². The summed E-state index contributed by atoms with van der Waals surface area (Å²) in [5, 5.41) is 1.14. The predicted octanol–water partition coefficient (Wildman–Crippen LogP) is 7.53. The number of hydrogen-bond donors (Lipinski definition) is 0. The maximum Gasteiger partial charge on any atom is 0.162 e. The molecule has 3 aromatic rings. The summed E-state index contributed by atoms with van der Waals surface area (Å²) in [5.74, 6) is 3.85. The number of benzene rings is 2. The van der Waals surface area contributed by atoms with E-state index in [1.54, 1.807) is 7.11 Å². The molecular weight excluding hydrogens is 434 g/mol. The molecule has 0 saturated heterocycles. The second-order valence-corrected chi connectivity index (χ2v) is 9.49. The molecule has 1 heterocycles. The summed E-state index contributed by atoms with van der Waals surface area (Å²) in [6.45, 7) is 4.88. The standard InChI is InChI=1S/C24H29NO2S2.ClH/c1-4-14-28-24(29-15-5-2)19-11-13-22(26-3)23(16-19)27-17-20-12-10-18-8-6-7-9-21(18)25-20;/h6-13,16,24H,4-5,14-15,17H2,1-3H3;1H. The van der Waals surface area contributed by atoms with Crippen molar-refractivity contribution in [2.45, 2.75) is 37.9 Å². The van der Waals surface area contributed by atoms with E-state index in [0.29, 0.717) is 11.2 Å². The molecule has 0 bridgehead atoms. The van der Waals surface area contributed by atoms with Crippen molar-refractivity contribution < 1.29 is 9.47 Å². The lowest BCUT2D eigenvalue weighted by molar-refractivity contribution is 0.281. The molecule has 0 fully saturated rings. The van der Waals surface area contributed by atoms with Gasteiger partial charge in [0.15, 0.2) is 11.5 Å². The Bertz CT molecular complexity index is 915. The zero-order valence-corrected chi connectivity index (χ0v) is 20.2. The van der Waals surface area contributed by atoms with Gasteiger partial charge in [-0.25, -0.2) is 4.98 Å². The summed E-state index contributed by atoms with van der Waals surface area (Å²) in [4.78, 5) is 4.71. The van der Waals surface area contributed by atoms with Crippen LogP contribution in [-0.4, -0.2) is 23.6 Å². The van der Waals surface area contributed by atoms with Gasteiger partial charge in [-0.15, -0.1) is 35.9 Å². The normalized spacial score (nSPS) is 10.8. The minimum absolute atomic E-state index is 0. The van der Waals surface area contributed by atoms with Crippen molar-refractivity contribution in [2.75, 3.05) is 18.6 Å². The molecule has 0 N–H and O–H groups in total. The number of hydrogen-bond acceptors (Lipinski definition) is 5. The van der Waals surface area contributed by atoms with Gasteiger partial charge in [0.1, 0.15) is 6.61 Å². The van der Waals surface area contributed by atoms with Crippen LogP contribution in [0, 0.1) is 0 Å². The summed E-state index contributed by atoms with van der Waals surface area (Å²) in [6.07, 6.45) is 2.36. The quantitative estimate of drug-likeness (QED) is 0.274. The number of ether oxygens (including phenoxy) is 2. The first kappa shape index (κ1) is 24.7. The first-order valence-corrected chi connectivity index (χ1v) is 12.2. The van der Waals surface area contributed by atoms with Crippen molar-refractivity contribution in [3.05, 3.63) is 65.9 Å². The van der Waals surface area contributed by atoms with Gasteiger partial charge in [0.05, 0.1) is 22.9 Å². The molecule has 0 aliphatic heterocycles. The van der Waals surface area contributed by atoms with Gasteiger partial charge in [-0.2, -0.15) is 0 Å². The SMILES string of the molecule is CCCSC(SCCC)c1ccc(OC)c(OCc2ccc3ccccc3n2)c1.Cl. The maximum atomic E-state index is 6.16. The second kappa shape index (κ2) is 13.0. The highest BCUT2D eigenvalue weighted by molar-refractivity contribution is 8.16. The van der Waals surface area contributed by atoms with E-state index in [0.717, 1.165) is 39.6 Å². The van der Waals surface area contributed by atoms with E-state index in [1.165, 1.54) is 18.4 Å². The van der Waals surface area contributed by atoms with Crippen molar-refractivity contribution in [3.63, 3.8) is 0 Å². The molecule has 0 radical (unpaired) electrons. The summed E-state index contributed by atoms with van der Waals surface area (Å²) in [7, 11) is 1.69. The lowest BCUT2D eigenvalue weighted by atomic mass is 10.2.